The number of benzene rings is 1. The van der Waals surface area contributed by atoms with E-state index in [1.54, 1.807) is 12.5 Å². The summed E-state index contributed by atoms with van der Waals surface area (Å²) < 4.78 is 5.23. The van der Waals surface area contributed by atoms with E-state index >= 15 is 0 Å². The van der Waals surface area contributed by atoms with Crippen molar-refractivity contribution >= 4 is 23.3 Å². The summed E-state index contributed by atoms with van der Waals surface area (Å²) in [7, 11) is 0. The number of rotatable bonds is 2. The summed E-state index contributed by atoms with van der Waals surface area (Å²) >= 11 is 0. The van der Waals surface area contributed by atoms with Crippen LogP contribution in [0.15, 0.2) is 34.7 Å². The van der Waals surface area contributed by atoms with Crippen molar-refractivity contribution in [3.63, 3.8) is 0 Å². The second kappa shape index (κ2) is 2.70. The Balaban J connectivity index is 2.54. The third-order valence-corrected chi connectivity index (χ3v) is 1.60. The van der Waals surface area contributed by atoms with E-state index in [1.165, 1.54) is 0 Å². The Morgan fingerprint density at radius 3 is 2.92 bits per heavy atom. The first-order valence-corrected chi connectivity index (χ1v) is 3.52. The van der Waals surface area contributed by atoms with Crippen LogP contribution in [0.5, 0.6) is 0 Å². The number of fused-ring (bicyclic) bond motifs is 1. The van der Waals surface area contributed by atoms with Gasteiger partial charge in [0, 0.05) is 11.5 Å². The van der Waals surface area contributed by atoms with Crippen molar-refractivity contribution in [2.45, 2.75) is 0 Å². The number of anilines is 1. The summed E-state index contributed by atoms with van der Waals surface area (Å²) in [5.74, 6) is 0.422. The maximum absolute atomic E-state index is 9.95. The van der Waals surface area contributed by atoms with Crippen molar-refractivity contribution in [1.82, 2.24) is 0 Å². The second-order valence-corrected chi connectivity index (χ2v) is 2.38. The average molecular weight is 160 g/mol. The lowest BCUT2D eigenvalue weighted by molar-refractivity contribution is 0.557. The van der Waals surface area contributed by atoms with Crippen LogP contribution in [0.3, 0.4) is 0 Å². The maximum Gasteiger partial charge on any atom is 0.316 e. The minimum absolute atomic E-state index is 0.422. The Morgan fingerprint density at radius 1 is 1.33 bits per heavy atom. The smallest absolute Gasteiger partial charge is 0.316 e. The monoisotopic (exact) mass is 160 g/mol. The molecule has 3 heteroatoms. The Labute approximate surface area is 69.0 Å². The first kappa shape index (κ1) is 6.91. The number of nitrogens with one attached hydrogen (secondary N) is 1. The van der Waals surface area contributed by atoms with Gasteiger partial charge in [-0.3, -0.25) is 10.1 Å². The van der Waals surface area contributed by atoms with Gasteiger partial charge in [0.2, 0.25) is 5.88 Å². The zero-order valence-electron chi connectivity index (χ0n) is 6.20. The van der Waals surface area contributed by atoms with Gasteiger partial charge in [0.15, 0.2) is 0 Å². The molecule has 0 unspecified atom stereocenters. The number of para-hydroxylation sites is 1. The van der Waals surface area contributed by atoms with Gasteiger partial charge in [0.05, 0.1) is 0 Å². The summed E-state index contributed by atoms with van der Waals surface area (Å²) in [4.78, 5) is 9.95. The molecule has 0 atom stereocenters. The second-order valence-electron chi connectivity index (χ2n) is 2.38. The minimum Gasteiger partial charge on any atom is -0.440 e. The van der Waals surface area contributed by atoms with E-state index in [0.717, 1.165) is 11.0 Å². The average Bonchev–Trinajstić information content (AvgIpc) is 2.47. The van der Waals surface area contributed by atoms with Crippen molar-refractivity contribution in [1.29, 1.82) is 0 Å². The van der Waals surface area contributed by atoms with E-state index in [1.807, 2.05) is 24.3 Å². The SMILES string of the molecule is O=[C]Nc1cc2ccccc2o1. The van der Waals surface area contributed by atoms with Crippen LogP contribution in [0.1, 0.15) is 0 Å². The Kier molecular flexibility index (Phi) is 1.55. The Hall–Kier alpha value is -1.77. The first-order chi connectivity index (χ1) is 5.90. The molecule has 1 aromatic carbocycles. The molecular weight excluding hydrogens is 154 g/mol. The summed E-state index contributed by atoms with van der Waals surface area (Å²) in [5, 5.41) is 3.29. The van der Waals surface area contributed by atoms with Crippen LogP contribution in [0.25, 0.3) is 11.0 Å². The topological polar surface area (TPSA) is 42.2 Å². The Bertz CT molecular complexity index is 373. The summed E-state index contributed by atoms with van der Waals surface area (Å²) in [6.45, 7) is 0. The van der Waals surface area contributed by atoms with Crippen LogP contribution >= 0.6 is 0 Å². The van der Waals surface area contributed by atoms with Gasteiger partial charge in [-0.25, -0.2) is 0 Å². The van der Waals surface area contributed by atoms with E-state index in [2.05, 4.69) is 5.32 Å². The molecule has 1 heterocycles. The molecule has 0 aliphatic rings. The third-order valence-electron chi connectivity index (χ3n) is 1.60. The van der Waals surface area contributed by atoms with E-state index in [4.69, 9.17) is 4.42 Å². The highest BCUT2D eigenvalue weighted by Crippen LogP contribution is 2.21. The van der Waals surface area contributed by atoms with Crippen molar-refractivity contribution in [3.05, 3.63) is 30.3 Å². The third kappa shape index (κ3) is 1.05. The molecule has 0 fully saturated rings. The molecule has 1 N–H and O–H groups in total. The summed E-state index contributed by atoms with van der Waals surface area (Å²) in [6.07, 6.45) is 1.55. The Morgan fingerprint density at radius 2 is 2.17 bits per heavy atom. The lowest BCUT2D eigenvalue weighted by Gasteiger charge is -1.85. The molecule has 1 amide bonds. The van der Waals surface area contributed by atoms with Gasteiger partial charge < -0.3 is 4.42 Å². The van der Waals surface area contributed by atoms with E-state index in [-0.39, 0.29) is 0 Å². The van der Waals surface area contributed by atoms with Crippen LogP contribution in [0.4, 0.5) is 5.88 Å². The standard InChI is InChI=1S/C9H6NO2/c11-6-10-9-5-7-3-1-2-4-8(7)12-9/h1-5H,(H,10,11). The van der Waals surface area contributed by atoms with Gasteiger partial charge in [-0.2, -0.15) is 0 Å². The van der Waals surface area contributed by atoms with Gasteiger partial charge in [-0.15, -0.1) is 0 Å². The predicted molar refractivity (Wildman–Crippen MR) is 45.5 cm³/mol. The lowest BCUT2D eigenvalue weighted by Crippen LogP contribution is -1.89. The van der Waals surface area contributed by atoms with Gasteiger partial charge in [0.25, 0.3) is 0 Å². The zero-order chi connectivity index (χ0) is 8.39. The minimum atomic E-state index is 0.422. The van der Waals surface area contributed by atoms with E-state index < -0.39 is 0 Å². The van der Waals surface area contributed by atoms with Crippen molar-refractivity contribution < 1.29 is 9.21 Å². The first-order valence-electron chi connectivity index (χ1n) is 3.52. The molecule has 0 aliphatic heterocycles. The van der Waals surface area contributed by atoms with Crippen LogP contribution < -0.4 is 5.32 Å². The molecule has 1 radical (unpaired) electrons. The fraction of sp³-hybridized carbons (Fsp3) is 0. The highest BCUT2D eigenvalue weighted by atomic mass is 16.4. The molecule has 1 aromatic heterocycles. The molecule has 0 aliphatic carbocycles. The van der Waals surface area contributed by atoms with Crippen LogP contribution in [-0.4, -0.2) is 6.41 Å². The fourth-order valence-electron chi connectivity index (χ4n) is 1.09. The van der Waals surface area contributed by atoms with Gasteiger partial charge in [-0.05, 0) is 6.07 Å². The zero-order valence-corrected chi connectivity index (χ0v) is 6.20. The number of hydrogen-bond donors (Lipinski definition) is 1. The van der Waals surface area contributed by atoms with Crippen LogP contribution in [-0.2, 0) is 4.79 Å². The molecule has 2 rings (SSSR count). The highest BCUT2D eigenvalue weighted by molar-refractivity contribution is 5.83. The molecule has 0 saturated carbocycles. The number of furan rings is 1. The molecule has 0 saturated heterocycles. The highest BCUT2D eigenvalue weighted by Gasteiger charge is 2.00. The largest absolute Gasteiger partial charge is 0.440 e. The van der Waals surface area contributed by atoms with Gasteiger partial charge in [-0.1, -0.05) is 18.2 Å². The number of amides is 1. The van der Waals surface area contributed by atoms with Crippen molar-refractivity contribution in [2.24, 2.45) is 0 Å². The molecule has 59 valence electrons. The fourth-order valence-corrected chi connectivity index (χ4v) is 1.09. The van der Waals surface area contributed by atoms with Crippen LogP contribution in [0.2, 0.25) is 0 Å². The quantitative estimate of drug-likeness (QED) is 0.682. The maximum atomic E-state index is 9.95. The van der Waals surface area contributed by atoms with Crippen LogP contribution in [0, 0.1) is 0 Å². The summed E-state index contributed by atoms with van der Waals surface area (Å²) in [5.41, 5.74) is 0.759. The predicted octanol–water partition coefficient (Wildman–Crippen LogP) is 1.91. The molecule has 3 nitrogen and oxygen atoms in total. The van der Waals surface area contributed by atoms with Crippen molar-refractivity contribution in [2.75, 3.05) is 5.32 Å². The molecule has 0 bridgehead atoms. The van der Waals surface area contributed by atoms with E-state index in [0.29, 0.717) is 5.88 Å². The van der Waals surface area contributed by atoms with Gasteiger partial charge >= 0.3 is 6.41 Å². The number of carbonyl (C=O) groups excluding carboxylic acids is 1. The number of hydrogen-bond acceptors (Lipinski definition) is 2. The molecule has 12 heavy (non-hydrogen) atoms. The van der Waals surface area contributed by atoms with Gasteiger partial charge in [0.1, 0.15) is 5.58 Å². The lowest BCUT2D eigenvalue weighted by atomic mass is 10.3. The molecular formula is C9H6NO2. The normalized spacial score (nSPS) is 10.0. The molecule has 2 aromatic rings. The molecule has 0 spiro atoms. The van der Waals surface area contributed by atoms with Crippen molar-refractivity contribution in [3.8, 4) is 0 Å². The van der Waals surface area contributed by atoms with E-state index in [9.17, 15) is 4.79 Å². The summed E-state index contributed by atoms with van der Waals surface area (Å²) in [6, 6.07) is 9.28.